The minimum Gasteiger partial charge on any atom is -0.342 e. The number of carbonyl (C=O) groups excluding carboxylic acids is 1. The van der Waals surface area contributed by atoms with Gasteiger partial charge in [-0.25, -0.2) is 4.68 Å². The third-order valence-corrected chi connectivity index (χ3v) is 7.26. The lowest BCUT2D eigenvalue weighted by Crippen LogP contribution is -2.46. The van der Waals surface area contributed by atoms with Crippen molar-refractivity contribution >= 4 is 17.2 Å². The van der Waals surface area contributed by atoms with Gasteiger partial charge >= 0.3 is 0 Å². The molecule has 2 fully saturated rings. The van der Waals surface area contributed by atoms with Gasteiger partial charge in [-0.15, -0.1) is 11.3 Å². The van der Waals surface area contributed by atoms with Crippen molar-refractivity contribution in [3.8, 4) is 10.6 Å². The second-order valence-electron chi connectivity index (χ2n) is 8.42. The molecule has 2 aromatic heterocycles. The molecule has 1 aliphatic carbocycles. The molecule has 0 N–H and O–H groups in total. The zero-order chi connectivity index (χ0) is 20.6. The maximum atomic E-state index is 13.4. The van der Waals surface area contributed by atoms with E-state index >= 15 is 0 Å². The first-order valence-corrected chi connectivity index (χ1v) is 11.5. The van der Waals surface area contributed by atoms with Gasteiger partial charge in [0.1, 0.15) is 5.69 Å². The molecule has 1 amide bonds. The van der Waals surface area contributed by atoms with Crippen LogP contribution in [0.3, 0.4) is 0 Å². The third kappa shape index (κ3) is 3.60. The number of carbonyl (C=O) groups is 1. The summed E-state index contributed by atoms with van der Waals surface area (Å²) in [6.45, 7) is 2.06. The topological polar surface area (TPSA) is 55.2 Å². The molecule has 3 heterocycles. The van der Waals surface area contributed by atoms with Crippen molar-refractivity contribution < 1.29 is 4.79 Å². The smallest absolute Gasteiger partial charge is 0.266 e. The van der Waals surface area contributed by atoms with Gasteiger partial charge in [0, 0.05) is 25.7 Å². The minimum atomic E-state index is -0.322. The number of thiophene rings is 1. The molecule has 2 aliphatic rings. The van der Waals surface area contributed by atoms with Gasteiger partial charge in [-0.2, -0.15) is 5.10 Å². The number of piperidine rings is 1. The second kappa shape index (κ2) is 7.84. The zero-order valence-corrected chi connectivity index (χ0v) is 17.7. The van der Waals surface area contributed by atoms with E-state index in [9.17, 15) is 9.59 Å². The number of rotatable bonds is 5. The van der Waals surface area contributed by atoms with Crippen LogP contribution in [0, 0.1) is 5.92 Å². The zero-order valence-electron chi connectivity index (χ0n) is 16.9. The van der Waals surface area contributed by atoms with Gasteiger partial charge in [0.05, 0.1) is 10.3 Å². The number of likely N-dealkylation sites (tertiary alicyclic amines) is 1. The van der Waals surface area contributed by atoms with Crippen LogP contribution in [0.2, 0.25) is 0 Å². The van der Waals surface area contributed by atoms with Crippen molar-refractivity contribution in [3.05, 3.63) is 75.9 Å². The summed E-state index contributed by atoms with van der Waals surface area (Å²) in [5.74, 6) is 0.504. The average Bonchev–Trinajstić information content (AvgIpc) is 3.42. The fourth-order valence-electron chi connectivity index (χ4n) is 4.59. The maximum Gasteiger partial charge on any atom is 0.266 e. The number of benzene rings is 1. The molecule has 3 aromatic rings. The predicted molar refractivity (Wildman–Crippen MR) is 118 cm³/mol. The van der Waals surface area contributed by atoms with Gasteiger partial charge in [0.25, 0.3) is 5.56 Å². The van der Waals surface area contributed by atoms with Gasteiger partial charge in [0.2, 0.25) is 5.91 Å². The highest BCUT2D eigenvalue weighted by molar-refractivity contribution is 7.13. The van der Waals surface area contributed by atoms with E-state index in [0.29, 0.717) is 13.1 Å². The Hall–Kier alpha value is -2.73. The summed E-state index contributed by atoms with van der Waals surface area (Å²) in [4.78, 5) is 28.9. The number of nitrogens with zero attached hydrogens (tertiary/aromatic N) is 3. The van der Waals surface area contributed by atoms with E-state index in [2.05, 4.69) is 17.2 Å². The fraction of sp³-hybridized carbons (Fsp3) is 0.375. The molecule has 1 aliphatic heterocycles. The number of hydrogen-bond donors (Lipinski definition) is 0. The van der Waals surface area contributed by atoms with Crippen LogP contribution in [0.5, 0.6) is 0 Å². The molecule has 5 nitrogen and oxygen atoms in total. The van der Waals surface area contributed by atoms with E-state index in [4.69, 9.17) is 0 Å². The Kier molecular flexibility index (Phi) is 5.03. The van der Waals surface area contributed by atoms with Crippen LogP contribution in [-0.2, 0) is 16.8 Å². The van der Waals surface area contributed by atoms with Crippen molar-refractivity contribution in [3.63, 3.8) is 0 Å². The van der Waals surface area contributed by atoms with Gasteiger partial charge in [-0.3, -0.25) is 9.59 Å². The Balaban J connectivity index is 1.31. The van der Waals surface area contributed by atoms with Crippen LogP contribution in [0.4, 0.5) is 0 Å². The van der Waals surface area contributed by atoms with E-state index in [1.165, 1.54) is 0 Å². The molecule has 6 heteroatoms. The van der Waals surface area contributed by atoms with Gasteiger partial charge in [-0.05, 0) is 54.7 Å². The predicted octanol–water partition coefficient (Wildman–Crippen LogP) is 3.94. The first-order chi connectivity index (χ1) is 14.7. The summed E-state index contributed by atoms with van der Waals surface area (Å²) in [6, 6.07) is 17.6. The molecule has 1 aromatic carbocycles. The standard InChI is InChI=1S/C24H25N3O2S/c28-22-11-10-20(21-9-5-15-30-21)25-27(22)17-18-6-4-14-26(16-18)23(29)24(12-13-24)19-7-2-1-3-8-19/h1-3,5,7-11,15,18H,4,6,12-14,16-17H2/t18-/m1/s1. The Morgan fingerprint density at radius 1 is 1.10 bits per heavy atom. The molecule has 1 saturated heterocycles. The molecular formula is C24H25N3O2S. The van der Waals surface area contributed by atoms with E-state index in [1.54, 1.807) is 28.2 Å². The van der Waals surface area contributed by atoms with E-state index < -0.39 is 0 Å². The normalized spacial score (nSPS) is 20.1. The molecular weight excluding hydrogens is 394 g/mol. The van der Waals surface area contributed by atoms with E-state index in [0.717, 1.165) is 48.4 Å². The van der Waals surface area contributed by atoms with Crippen LogP contribution in [0.25, 0.3) is 10.6 Å². The lowest BCUT2D eigenvalue weighted by atomic mass is 9.91. The quantitative estimate of drug-likeness (QED) is 0.629. The second-order valence-corrected chi connectivity index (χ2v) is 9.37. The Morgan fingerprint density at radius 2 is 1.93 bits per heavy atom. The van der Waals surface area contributed by atoms with Crippen LogP contribution in [0.1, 0.15) is 31.2 Å². The SMILES string of the molecule is O=C(N1CCC[C@@H](Cn2nc(-c3cccs3)ccc2=O)C1)C1(c2ccccc2)CC1. The molecule has 30 heavy (non-hydrogen) atoms. The van der Waals surface area contributed by atoms with Crippen molar-refractivity contribution in [2.24, 2.45) is 5.92 Å². The van der Waals surface area contributed by atoms with Crippen molar-refractivity contribution in [2.45, 2.75) is 37.6 Å². The Morgan fingerprint density at radius 3 is 2.67 bits per heavy atom. The first kappa shape index (κ1) is 19.2. The lowest BCUT2D eigenvalue weighted by molar-refractivity contribution is -0.136. The first-order valence-electron chi connectivity index (χ1n) is 10.6. The Labute approximate surface area is 180 Å². The van der Waals surface area contributed by atoms with Crippen molar-refractivity contribution in [2.75, 3.05) is 13.1 Å². The minimum absolute atomic E-state index is 0.0818. The highest BCUT2D eigenvalue weighted by Gasteiger charge is 2.53. The maximum absolute atomic E-state index is 13.4. The molecule has 154 valence electrons. The molecule has 1 atom stereocenters. The molecule has 0 bridgehead atoms. The van der Waals surface area contributed by atoms with Crippen molar-refractivity contribution in [1.82, 2.24) is 14.7 Å². The number of aromatic nitrogens is 2. The molecule has 1 saturated carbocycles. The number of amides is 1. The average molecular weight is 420 g/mol. The summed E-state index contributed by atoms with van der Waals surface area (Å²) in [5, 5.41) is 6.61. The summed E-state index contributed by atoms with van der Waals surface area (Å²) >= 11 is 1.62. The summed E-state index contributed by atoms with van der Waals surface area (Å²) < 4.78 is 1.58. The summed E-state index contributed by atoms with van der Waals surface area (Å²) in [6.07, 6.45) is 3.85. The van der Waals surface area contributed by atoms with Crippen LogP contribution in [-0.4, -0.2) is 33.7 Å². The van der Waals surface area contributed by atoms with Crippen LogP contribution < -0.4 is 5.56 Å². The Bertz CT molecular complexity index is 1090. The largest absolute Gasteiger partial charge is 0.342 e. The number of hydrogen-bond acceptors (Lipinski definition) is 4. The molecule has 0 radical (unpaired) electrons. The van der Waals surface area contributed by atoms with Gasteiger partial charge in [0.15, 0.2) is 0 Å². The molecule has 0 unspecified atom stereocenters. The summed E-state index contributed by atoms with van der Waals surface area (Å²) in [5.41, 5.74) is 1.56. The monoisotopic (exact) mass is 419 g/mol. The van der Waals surface area contributed by atoms with E-state index in [-0.39, 0.29) is 22.8 Å². The molecule has 0 spiro atoms. The highest BCUT2D eigenvalue weighted by Crippen LogP contribution is 2.50. The highest BCUT2D eigenvalue weighted by atomic mass is 32.1. The molecule has 5 rings (SSSR count). The summed E-state index contributed by atoms with van der Waals surface area (Å²) in [7, 11) is 0. The van der Waals surface area contributed by atoms with E-state index in [1.807, 2.05) is 40.6 Å². The lowest BCUT2D eigenvalue weighted by Gasteiger charge is -2.35. The third-order valence-electron chi connectivity index (χ3n) is 6.36. The van der Waals surface area contributed by atoms with Crippen LogP contribution >= 0.6 is 11.3 Å². The van der Waals surface area contributed by atoms with Gasteiger partial charge in [-0.1, -0.05) is 36.4 Å². The van der Waals surface area contributed by atoms with Crippen molar-refractivity contribution in [1.29, 1.82) is 0 Å². The van der Waals surface area contributed by atoms with Crippen LogP contribution in [0.15, 0.2) is 64.8 Å². The van der Waals surface area contributed by atoms with Gasteiger partial charge < -0.3 is 4.90 Å². The fourth-order valence-corrected chi connectivity index (χ4v) is 5.28.